The molecule has 0 bridgehead atoms. The van der Waals surface area contributed by atoms with Gasteiger partial charge in [-0.05, 0) is 37.8 Å². The van der Waals surface area contributed by atoms with Crippen molar-refractivity contribution >= 4 is 0 Å². The van der Waals surface area contributed by atoms with Crippen molar-refractivity contribution < 1.29 is 9.47 Å². The van der Waals surface area contributed by atoms with Gasteiger partial charge in [-0.3, -0.25) is 9.88 Å². The second-order valence-corrected chi connectivity index (χ2v) is 6.37. The lowest BCUT2D eigenvalue weighted by molar-refractivity contribution is -0.0118. The average Bonchev–Trinajstić information content (AvgIpc) is 3.02. The van der Waals surface area contributed by atoms with Crippen LogP contribution in [0.15, 0.2) is 18.3 Å². The van der Waals surface area contributed by atoms with Crippen molar-refractivity contribution in [2.75, 3.05) is 32.9 Å². The van der Waals surface area contributed by atoms with E-state index in [2.05, 4.69) is 28.9 Å². The molecule has 0 radical (unpaired) electrons. The molecule has 116 valence electrons. The molecule has 0 amide bonds. The molecule has 2 aliphatic rings. The number of likely N-dealkylation sites (tertiary alicyclic amines) is 1. The molecule has 2 fully saturated rings. The first kappa shape index (κ1) is 14.9. The highest BCUT2D eigenvalue weighted by molar-refractivity contribution is 5.12. The molecule has 0 aromatic carbocycles. The monoisotopic (exact) mass is 290 g/mol. The van der Waals surface area contributed by atoms with E-state index >= 15 is 0 Å². The van der Waals surface area contributed by atoms with Gasteiger partial charge in [0.25, 0.3) is 0 Å². The van der Waals surface area contributed by atoms with E-state index in [1.807, 2.05) is 6.20 Å². The first-order valence-electron chi connectivity index (χ1n) is 8.13. The standard InChI is InChI=1S/C17H26N2O2/c1-14-2-3-16(18-10-14)11-19-7-4-17(5-8-19)21-13-15-6-9-20-12-15/h2-3,10,15,17H,4-9,11-13H2,1H3/t15-/m1/s1. The van der Waals surface area contributed by atoms with Crippen LogP contribution in [-0.2, 0) is 16.0 Å². The van der Waals surface area contributed by atoms with Gasteiger partial charge in [0, 0.05) is 38.4 Å². The highest BCUT2D eigenvalue weighted by atomic mass is 16.5. The van der Waals surface area contributed by atoms with Gasteiger partial charge in [-0.1, -0.05) is 6.07 Å². The number of hydrogen-bond donors (Lipinski definition) is 0. The van der Waals surface area contributed by atoms with Crippen LogP contribution in [0.2, 0.25) is 0 Å². The molecule has 1 atom stereocenters. The van der Waals surface area contributed by atoms with Crippen LogP contribution in [0.25, 0.3) is 0 Å². The van der Waals surface area contributed by atoms with Gasteiger partial charge in [0.15, 0.2) is 0 Å². The van der Waals surface area contributed by atoms with Crippen LogP contribution in [0, 0.1) is 12.8 Å². The van der Waals surface area contributed by atoms with Crippen LogP contribution in [0.3, 0.4) is 0 Å². The number of hydrogen-bond acceptors (Lipinski definition) is 4. The molecule has 21 heavy (non-hydrogen) atoms. The molecular formula is C17H26N2O2. The Morgan fingerprint density at radius 3 is 2.81 bits per heavy atom. The summed E-state index contributed by atoms with van der Waals surface area (Å²) in [5.41, 5.74) is 2.39. The molecule has 2 aliphatic heterocycles. The molecule has 0 spiro atoms. The van der Waals surface area contributed by atoms with Crippen LogP contribution in [-0.4, -0.2) is 48.9 Å². The number of ether oxygens (including phenoxy) is 2. The van der Waals surface area contributed by atoms with Crippen molar-refractivity contribution in [1.82, 2.24) is 9.88 Å². The Balaban J connectivity index is 1.37. The summed E-state index contributed by atoms with van der Waals surface area (Å²) in [5.74, 6) is 0.625. The van der Waals surface area contributed by atoms with Crippen LogP contribution in [0.5, 0.6) is 0 Å². The van der Waals surface area contributed by atoms with Gasteiger partial charge in [0.2, 0.25) is 0 Å². The highest BCUT2D eigenvalue weighted by Crippen LogP contribution is 2.19. The Morgan fingerprint density at radius 2 is 2.14 bits per heavy atom. The van der Waals surface area contributed by atoms with Crippen molar-refractivity contribution in [3.05, 3.63) is 29.6 Å². The summed E-state index contributed by atoms with van der Waals surface area (Å²) in [6.07, 6.45) is 5.83. The van der Waals surface area contributed by atoms with E-state index in [1.165, 1.54) is 11.3 Å². The maximum atomic E-state index is 6.06. The topological polar surface area (TPSA) is 34.6 Å². The van der Waals surface area contributed by atoms with Crippen LogP contribution in [0.4, 0.5) is 0 Å². The fourth-order valence-corrected chi connectivity index (χ4v) is 3.04. The zero-order chi connectivity index (χ0) is 14.5. The van der Waals surface area contributed by atoms with Gasteiger partial charge in [-0.2, -0.15) is 0 Å². The summed E-state index contributed by atoms with van der Waals surface area (Å²) in [5, 5.41) is 0. The molecule has 0 unspecified atom stereocenters. The molecule has 1 aromatic rings. The number of rotatable bonds is 5. The van der Waals surface area contributed by atoms with E-state index in [0.717, 1.165) is 58.7 Å². The smallest absolute Gasteiger partial charge is 0.0599 e. The lowest BCUT2D eigenvalue weighted by Gasteiger charge is -2.32. The molecule has 3 rings (SSSR count). The molecule has 4 heteroatoms. The van der Waals surface area contributed by atoms with E-state index in [9.17, 15) is 0 Å². The minimum absolute atomic E-state index is 0.438. The summed E-state index contributed by atoms with van der Waals surface area (Å²) in [7, 11) is 0. The van der Waals surface area contributed by atoms with Crippen LogP contribution >= 0.6 is 0 Å². The molecular weight excluding hydrogens is 264 g/mol. The number of pyridine rings is 1. The minimum Gasteiger partial charge on any atom is -0.381 e. The van der Waals surface area contributed by atoms with Crippen molar-refractivity contribution in [1.29, 1.82) is 0 Å². The molecule has 3 heterocycles. The van der Waals surface area contributed by atoms with Crippen molar-refractivity contribution in [2.24, 2.45) is 5.92 Å². The fourth-order valence-electron chi connectivity index (χ4n) is 3.04. The number of aromatic nitrogens is 1. The number of piperidine rings is 1. The van der Waals surface area contributed by atoms with E-state index in [4.69, 9.17) is 9.47 Å². The average molecular weight is 290 g/mol. The summed E-state index contributed by atoms with van der Waals surface area (Å²) in [6, 6.07) is 4.28. The molecule has 0 saturated carbocycles. The minimum atomic E-state index is 0.438. The predicted octanol–water partition coefficient (Wildman–Crippen LogP) is 2.41. The second kappa shape index (κ2) is 7.34. The SMILES string of the molecule is Cc1ccc(CN2CCC(OC[C@@H]3CCOC3)CC2)nc1. The molecule has 0 N–H and O–H groups in total. The van der Waals surface area contributed by atoms with Gasteiger partial charge in [-0.15, -0.1) is 0 Å². The zero-order valence-corrected chi connectivity index (χ0v) is 13.0. The molecule has 2 saturated heterocycles. The predicted molar refractivity (Wildman–Crippen MR) is 82.2 cm³/mol. The van der Waals surface area contributed by atoms with Gasteiger partial charge in [0.1, 0.15) is 0 Å². The maximum Gasteiger partial charge on any atom is 0.0599 e. The van der Waals surface area contributed by atoms with Crippen LogP contribution < -0.4 is 0 Å². The summed E-state index contributed by atoms with van der Waals surface area (Å²) < 4.78 is 11.5. The highest BCUT2D eigenvalue weighted by Gasteiger charge is 2.22. The Hall–Kier alpha value is -0.970. The van der Waals surface area contributed by atoms with E-state index in [0.29, 0.717) is 12.0 Å². The van der Waals surface area contributed by atoms with Gasteiger partial charge in [0.05, 0.1) is 25.0 Å². The normalized spacial score (nSPS) is 24.5. The lowest BCUT2D eigenvalue weighted by Crippen LogP contribution is -2.37. The fraction of sp³-hybridized carbons (Fsp3) is 0.706. The molecule has 4 nitrogen and oxygen atoms in total. The number of aryl methyl sites for hydroxylation is 1. The quantitative estimate of drug-likeness (QED) is 0.834. The second-order valence-electron chi connectivity index (χ2n) is 6.37. The Labute approximate surface area is 127 Å². The van der Waals surface area contributed by atoms with E-state index < -0.39 is 0 Å². The third-order valence-corrected chi connectivity index (χ3v) is 4.48. The summed E-state index contributed by atoms with van der Waals surface area (Å²) in [4.78, 5) is 6.98. The molecule has 0 aliphatic carbocycles. The van der Waals surface area contributed by atoms with E-state index in [1.54, 1.807) is 0 Å². The van der Waals surface area contributed by atoms with Crippen molar-refractivity contribution in [3.8, 4) is 0 Å². The van der Waals surface area contributed by atoms with Gasteiger partial charge in [-0.25, -0.2) is 0 Å². The van der Waals surface area contributed by atoms with Crippen molar-refractivity contribution in [2.45, 2.75) is 38.8 Å². The Bertz CT molecular complexity index is 421. The first-order chi connectivity index (χ1) is 10.3. The van der Waals surface area contributed by atoms with Crippen molar-refractivity contribution in [3.63, 3.8) is 0 Å². The third-order valence-electron chi connectivity index (χ3n) is 4.48. The summed E-state index contributed by atoms with van der Waals surface area (Å²) in [6.45, 7) is 7.94. The molecule has 1 aromatic heterocycles. The van der Waals surface area contributed by atoms with Gasteiger partial charge >= 0.3 is 0 Å². The van der Waals surface area contributed by atoms with E-state index in [-0.39, 0.29) is 0 Å². The number of nitrogens with zero attached hydrogens (tertiary/aromatic N) is 2. The van der Waals surface area contributed by atoms with Gasteiger partial charge < -0.3 is 9.47 Å². The lowest BCUT2D eigenvalue weighted by atomic mass is 10.1. The first-order valence-corrected chi connectivity index (χ1v) is 8.13. The summed E-state index contributed by atoms with van der Waals surface area (Å²) >= 11 is 0. The maximum absolute atomic E-state index is 6.06. The third kappa shape index (κ3) is 4.50. The Kier molecular flexibility index (Phi) is 5.22. The Morgan fingerprint density at radius 1 is 1.29 bits per heavy atom. The largest absolute Gasteiger partial charge is 0.381 e. The van der Waals surface area contributed by atoms with Crippen LogP contribution in [0.1, 0.15) is 30.5 Å². The zero-order valence-electron chi connectivity index (χ0n) is 13.0.